The molecule has 0 radical (unpaired) electrons. The fourth-order valence-electron chi connectivity index (χ4n) is 1.64. The summed E-state index contributed by atoms with van der Waals surface area (Å²) in [6.45, 7) is 5.22. The lowest BCUT2D eigenvalue weighted by Crippen LogP contribution is -2.07. The van der Waals surface area contributed by atoms with Gasteiger partial charge in [0.1, 0.15) is 0 Å². The number of methoxy groups -OCH3 is 1. The molecule has 0 spiro atoms. The first-order chi connectivity index (χ1) is 9.72. The Balaban J connectivity index is 2.72. The summed E-state index contributed by atoms with van der Waals surface area (Å²) in [5.74, 6) is 0.901. The molecule has 0 saturated carbocycles. The van der Waals surface area contributed by atoms with Crippen LogP contribution in [0.3, 0.4) is 0 Å². The predicted octanol–water partition coefficient (Wildman–Crippen LogP) is 3.83. The molecule has 112 valence electrons. The van der Waals surface area contributed by atoms with Crippen LogP contribution in [-0.4, -0.2) is 26.3 Å². The summed E-state index contributed by atoms with van der Waals surface area (Å²) < 4.78 is 16.1. The van der Waals surface area contributed by atoms with E-state index in [2.05, 4.69) is 13.8 Å². The zero-order valence-corrected chi connectivity index (χ0v) is 12.6. The van der Waals surface area contributed by atoms with Crippen LogP contribution in [0.1, 0.15) is 49.9 Å². The van der Waals surface area contributed by atoms with Crippen molar-refractivity contribution in [3.05, 3.63) is 23.8 Å². The van der Waals surface area contributed by atoms with Crippen LogP contribution < -0.4 is 9.47 Å². The molecule has 0 N–H and O–H groups in total. The Labute approximate surface area is 121 Å². The maximum Gasteiger partial charge on any atom is 0.338 e. The van der Waals surface area contributed by atoms with Crippen LogP contribution >= 0.6 is 0 Å². The van der Waals surface area contributed by atoms with E-state index < -0.39 is 0 Å². The van der Waals surface area contributed by atoms with Crippen molar-refractivity contribution >= 4 is 5.97 Å². The number of hydrogen-bond donors (Lipinski definition) is 0. The van der Waals surface area contributed by atoms with E-state index in [0.717, 1.165) is 25.7 Å². The molecule has 1 aromatic carbocycles. The van der Waals surface area contributed by atoms with E-state index in [-0.39, 0.29) is 5.97 Å². The Kier molecular flexibility index (Phi) is 7.55. The topological polar surface area (TPSA) is 44.8 Å². The molecule has 0 aliphatic rings. The van der Waals surface area contributed by atoms with Gasteiger partial charge in [-0.3, -0.25) is 0 Å². The molecule has 0 bridgehead atoms. The Morgan fingerprint density at radius 1 is 1.05 bits per heavy atom. The van der Waals surface area contributed by atoms with Gasteiger partial charge in [0.15, 0.2) is 11.5 Å². The molecule has 0 amide bonds. The molecule has 0 heterocycles. The third-order valence-electron chi connectivity index (χ3n) is 2.89. The lowest BCUT2D eigenvalue weighted by atomic mass is 10.2. The fraction of sp³-hybridized carbons (Fsp3) is 0.562. The average Bonchev–Trinajstić information content (AvgIpc) is 2.47. The van der Waals surface area contributed by atoms with Gasteiger partial charge in [-0.25, -0.2) is 4.79 Å². The standard InChI is InChI=1S/C16H24O4/c1-4-6-10-19-15-12-13(8-9-14(15)18-3)16(17)20-11-7-5-2/h8-9,12H,4-7,10-11H2,1-3H3. The molecule has 0 atom stereocenters. The molecule has 0 saturated heterocycles. The fourth-order valence-corrected chi connectivity index (χ4v) is 1.64. The highest BCUT2D eigenvalue weighted by atomic mass is 16.5. The summed E-state index contributed by atoms with van der Waals surface area (Å²) >= 11 is 0. The van der Waals surface area contributed by atoms with Crippen LogP contribution in [0.15, 0.2) is 18.2 Å². The average molecular weight is 280 g/mol. The number of carbonyl (C=O) groups is 1. The van der Waals surface area contributed by atoms with Gasteiger partial charge in [0.2, 0.25) is 0 Å². The lowest BCUT2D eigenvalue weighted by Gasteiger charge is -2.12. The van der Waals surface area contributed by atoms with Gasteiger partial charge in [0, 0.05) is 0 Å². The molecule has 1 rings (SSSR count). The van der Waals surface area contributed by atoms with Gasteiger partial charge in [-0.2, -0.15) is 0 Å². The largest absolute Gasteiger partial charge is 0.493 e. The number of rotatable bonds is 9. The van der Waals surface area contributed by atoms with Crippen LogP contribution in [0.25, 0.3) is 0 Å². The van der Waals surface area contributed by atoms with E-state index in [0.29, 0.717) is 30.3 Å². The third kappa shape index (κ3) is 5.11. The molecular formula is C16H24O4. The minimum Gasteiger partial charge on any atom is -0.493 e. The Bertz CT molecular complexity index is 415. The molecule has 4 nitrogen and oxygen atoms in total. The van der Waals surface area contributed by atoms with Gasteiger partial charge in [0.25, 0.3) is 0 Å². The molecule has 1 aromatic rings. The van der Waals surface area contributed by atoms with Crippen molar-refractivity contribution < 1.29 is 19.0 Å². The maximum absolute atomic E-state index is 11.9. The number of unbranched alkanes of at least 4 members (excludes halogenated alkanes) is 2. The number of esters is 1. The van der Waals surface area contributed by atoms with Crippen molar-refractivity contribution in [3.8, 4) is 11.5 Å². The Morgan fingerprint density at radius 3 is 2.40 bits per heavy atom. The van der Waals surface area contributed by atoms with Crippen LogP contribution in [0.5, 0.6) is 11.5 Å². The van der Waals surface area contributed by atoms with Gasteiger partial charge >= 0.3 is 5.97 Å². The molecule has 0 aromatic heterocycles. The van der Waals surface area contributed by atoms with Gasteiger partial charge in [-0.1, -0.05) is 26.7 Å². The highest BCUT2D eigenvalue weighted by Crippen LogP contribution is 2.28. The van der Waals surface area contributed by atoms with Crippen molar-refractivity contribution in [1.29, 1.82) is 0 Å². The summed E-state index contributed by atoms with van der Waals surface area (Å²) in [6, 6.07) is 5.11. The van der Waals surface area contributed by atoms with E-state index in [9.17, 15) is 4.79 Å². The molecule has 0 aliphatic carbocycles. The quantitative estimate of drug-likeness (QED) is 0.509. The smallest absolute Gasteiger partial charge is 0.338 e. The Morgan fingerprint density at radius 2 is 1.75 bits per heavy atom. The number of carbonyl (C=O) groups excluding carboxylic acids is 1. The molecule has 0 aliphatic heterocycles. The summed E-state index contributed by atoms with van der Waals surface area (Å²) in [6.07, 6.45) is 3.90. The monoisotopic (exact) mass is 280 g/mol. The van der Waals surface area contributed by atoms with Crippen molar-refractivity contribution in [2.75, 3.05) is 20.3 Å². The second-order valence-corrected chi connectivity index (χ2v) is 4.56. The summed E-state index contributed by atoms with van der Waals surface area (Å²) in [5, 5.41) is 0. The van der Waals surface area contributed by atoms with E-state index in [4.69, 9.17) is 14.2 Å². The molecule has 0 fully saturated rings. The van der Waals surface area contributed by atoms with Crippen molar-refractivity contribution in [2.24, 2.45) is 0 Å². The van der Waals surface area contributed by atoms with E-state index >= 15 is 0 Å². The molecule has 0 unspecified atom stereocenters. The zero-order chi connectivity index (χ0) is 14.8. The van der Waals surface area contributed by atoms with Gasteiger partial charge < -0.3 is 14.2 Å². The van der Waals surface area contributed by atoms with Crippen molar-refractivity contribution in [3.63, 3.8) is 0 Å². The minimum absolute atomic E-state index is 0.318. The summed E-state index contributed by atoms with van der Waals surface area (Å²) in [7, 11) is 1.58. The first kappa shape index (κ1) is 16.3. The third-order valence-corrected chi connectivity index (χ3v) is 2.89. The van der Waals surface area contributed by atoms with Gasteiger partial charge in [-0.05, 0) is 31.0 Å². The highest BCUT2D eigenvalue weighted by molar-refractivity contribution is 5.90. The number of hydrogen-bond acceptors (Lipinski definition) is 4. The van der Waals surface area contributed by atoms with Crippen LogP contribution in [0.4, 0.5) is 0 Å². The van der Waals surface area contributed by atoms with Crippen LogP contribution in [0, 0.1) is 0 Å². The molecule has 4 heteroatoms. The SMILES string of the molecule is CCCCOC(=O)c1ccc(OC)c(OCCCC)c1. The normalized spacial score (nSPS) is 10.2. The maximum atomic E-state index is 11.9. The van der Waals surface area contributed by atoms with Crippen LogP contribution in [0.2, 0.25) is 0 Å². The van der Waals surface area contributed by atoms with Crippen LogP contribution in [-0.2, 0) is 4.74 Å². The second-order valence-electron chi connectivity index (χ2n) is 4.56. The first-order valence-corrected chi connectivity index (χ1v) is 7.20. The van der Waals surface area contributed by atoms with Gasteiger partial charge in [0.05, 0.1) is 25.9 Å². The summed E-state index contributed by atoms with van der Waals surface area (Å²) in [5.41, 5.74) is 0.494. The predicted molar refractivity (Wildman–Crippen MR) is 78.6 cm³/mol. The summed E-state index contributed by atoms with van der Waals surface area (Å²) in [4.78, 5) is 11.9. The van der Waals surface area contributed by atoms with Crippen molar-refractivity contribution in [2.45, 2.75) is 39.5 Å². The lowest BCUT2D eigenvalue weighted by molar-refractivity contribution is 0.0499. The molecule has 20 heavy (non-hydrogen) atoms. The zero-order valence-electron chi connectivity index (χ0n) is 12.6. The molecular weight excluding hydrogens is 256 g/mol. The Hall–Kier alpha value is -1.71. The number of ether oxygens (including phenoxy) is 3. The van der Waals surface area contributed by atoms with Gasteiger partial charge in [-0.15, -0.1) is 0 Å². The van der Waals surface area contributed by atoms with Crippen molar-refractivity contribution in [1.82, 2.24) is 0 Å². The highest BCUT2D eigenvalue weighted by Gasteiger charge is 2.12. The number of benzene rings is 1. The van der Waals surface area contributed by atoms with E-state index in [1.54, 1.807) is 25.3 Å². The first-order valence-electron chi connectivity index (χ1n) is 7.20. The second kappa shape index (κ2) is 9.23. The van der Waals surface area contributed by atoms with E-state index in [1.807, 2.05) is 0 Å². The van der Waals surface area contributed by atoms with E-state index in [1.165, 1.54) is 0 Å². The minimum atomic E-state index is -0.318.